The van der Waals surface area contributed by atoms with Crippen LogP contribution in [0.25, 0.3) is 0 Å². The molecule has 0 heterocycles. The molecule has 36 valence electrons. The average Bonchev–Trinajstić information content (AvgIpc) is 1.65. The first-order chi connectivity index (χ1) is 2.81. The van der Waals surface area contributed by atoms with Gasteiger partial charge in [0.1, 0.15) is 0 Å². The SMILES string of the molecule is CCC(=O)NBr. The summed E-state index contributed by atoms with van der Waals surface area (Å²) >= 11 is 2.78. The van der Waals surface area contributed by atoms with Gasteiger partial charge in [0.15, 0.2) is 0 Å². The van der Waals surface area contributed by atoms with Gasteiger partial charge in [0.05, 0.1) is 0 Å². The molecule has 0 aliphatic carbocycles. The Morgan fingerprint density at radius 1 is 2.00 bits per heavy atom. The van der Waals surface area contributed by atoms with E-state index in [4.69, 9.17) is 0 Å². The Hall–Kier alpha value is -0.0500. The van der Waals surface area contributed by atoms with E-state index in [2.05, 4.69) is 20.5 Å². The van der Waals surface area contributed by atoms with E-state index in [1.165, 1.54) is 0 Å². The molecule has 0 saturated heterocycles. The maximum Gasteiger partial charge on any atom is 0.229 e. The zero-order chi connectivity index (χ0) is 4.99. The highest BCUT2D eigenvalue weighted by Crippen LogP contribution is 1.75. The highest BCUT2D eigenvalue weighted by molar-refractivity contribution is 9.08. The van der Waals surface area contributed by atoms with Crippen molar-refractivity contribution < 1.29 is 4.79 Å². The van der Waals surface area contributed by atoms with Crippen molar-refractivity contribution in [1.82, 2.24) is 4.34 Å². The summed E-state index contributed by atoms with van der Waals surface area (Å²) in [5.74, 6) is 0.00926. The summed E-state index contributed by atoms with van der Waals surface area (Å²) in [6, 6.07) is 0. The number of halogens is 1. The molecule has 0 bridgehead atoms. The summed E-state index contributed by atoms with van der Waals surface area (Å²) in [7, 11) is 0. The van der Waals surface area contributed by atoms with Crippen LogP contribution >= 0.6 is 16.1 Å². The van der Waals surface area contributed by atoms with Gasteiger partial charge in [-0.05, 0) is 0 Å². The van der Waals surface area contributed by atoms with Crippen LogP contribution in [-0.2, 0) is 4.79 Å². The van der Waals surface area contributed by atoms with E-state index in [1.807, 2.05) is 0 Å². The summed E-state index contributed by atoms with van der Waals surface area (Å²) in [4.78, 5) is 10.0. The van der Waals surface area contributed by atoms with Crippen molar-refractivity contribution in [3.8, 4) is 0 Å². The van der Waals surface area contributed by atoms with Crippen molar-refractivity contribution in [2.75, 3.05) is 0 Å². The first-order valence-corrected chi connectivity index (χ1v) is 2.50. The van der Waals surface area contributed by atoms with Gasteiger partial charge in [-0.2, -0.15) is 0 Å². The zero-order valence-electron chi connectivity index (χ0n) is 3.49. The second-order valence-electron chi connectivity index (χ2n) is 0.871. The first kappa shape index (κ1) is 5.95. The fraction of sp³-hybridized carbons (Fsp3) is 0.667. The minimum absolute atomic E-state index is 0.00926. The molecule has 6 heavy (non-hydrogen) atoms. The Balaban J connectivity index is 2.99. The van der Waals surface area contributed by atoms with Crippen molar-refractivity contribution >= 4 is 22.1 Å². The van der Waals surface area contributed by atoms with Gasteiger partial charge >= 0.3 is 0 Å². The Labute approximate surface area is 45.3 Å². The van der Waals surface area contributed by atoms with Gasteiger partial charge in [0, 0.05) is 22.6 Å². The number of rotatable bonds is 1. The van der Waals surface area contributed by atoms with Crippen molar-refractivity contribution in [3.63, 3.8) is 0 Å². The molecule has 0 atom stereocenters. The standard InChI is InChI=1S/C3H6BrNO/c1-2-3(6)5-4/h2H2,1H3,(H,5,6). The van der Waals surface area contributed by atoms with Gasteiger partial charge in [-0.1, -0.05) is 6.92 Å². The maximum absolute atomic E-state index is 10.0. The van der Waals surface area contributed by atoms with Crippen LogP contribution in [0.15, 0.2) is 0 Å². The second-order valence-corrected chi connectivity index (χ2v) is 1.27. The summed E-state index contributed by atoms with van der Waals surface area (Å²) in [5.41, 5.74) is 0. The van der Waals surface area contributed by atoms with E-state index in [9.17, 15) is 4.79 Å². The van der Waals surface area contributed by atoms with E-state index in [0.29, 0.717) is 6.42 Å². The topological polar surface area (TPSA) is 29.1 Å². The van der Waals surface area contributed by atoms with Gasteiger partial charge in [0.2, 0.25) is 5.91 Å². The van der Waals surface area contributed by atoms with Crippen LogP contribution in [0.4, 0.5) is 0 Å². The lowest BCUT2D eigenvalue weighted by atomic mass is 10.5. The summed E-state index contributed by atoms with van der Waals surface area (Å²) < 4.78 is 2.29. The molecule has 0 spiro atoms. The van der Waals surface area contributed by atoms with E-state index < -0.39 is 0 Å². The molecule has 0 saturated carbocycles. The number of carbonyl (C=O) groups is 1. The molecule has 0 aliphatic rings. The largest absolute Gasteiger partial charge is 0.293 e. The smallest absolute Gasteiger partial charge is 0.229 e. The quantitative estimate of drug-likeness (QED) is 0.553. The fourth-order valence-corrected chi connectivity index (χ4v) is 0.347. The highest BCUT2D eigenvalue weighted by Gasteiger charge is 1.86. The molecule has 0 aromatic heterocycles. The summed E-state index contributed by atoms with van der Waals surface area (Å²) in [6.45, 7) is 1.79. The van der Waals surface area contributed by atoms with Crippen LogP contribution in [0.2, 0.25) is 0 Å². The van der Waals surface area contributed by atoms with Gasteiger partial charge in [-0.25, -0.2) is 0 Å². The lowest BCUT2D eigenvalue weighted by Gasteiger charge is -1.84. The molecular formula is C3H6BrNO. The Kier molecular flexibility index (Phi) is 3.13. The van der Waals surface area contributed by atoms with E-state index in [1.54, 1.807) is 6.92 Å². The molecule has 0 rings (SSSR count). The Bertz CT molecular complexity index is 48.8. The molecule has 2 nitrogen and oxygen atoms in total. The van der Waals surface area contributed by atoms with Gasteiger partial charge in [-0.3, -0.25) is 9.14 Å². The summed E-state index contributed by atoms with van der Waals surface area (Å²) in [6.07, 6.45) is 0.533. The van der Waals surface area contributed by atoms with Crippen LogP contribution in [-0.4, -0.2) is 5.91 Å². The lowest BCUT2D eigenvalue weighted by Crippen LogP contribution is -2.08. The second kappa shape index (κ2) is 3.15. The van der Waals surface area contributed by atoms with Gasteiger partial charge in [0.25, 0.3) is 0 Å². The summed E-state index contributed by atoms with van der Waals surface area (Å²) in [5, 5.41) is 0. The molecule has 0 fully saturated rings. The van der Waals surface area contributed by atoms with Crippen molar-refractivity contribution in [2.45, 2.75) is 13.3 Å². The molecule has 3 heteroatoms. The molecule has 1 amide bonds. The fourth-order valence-electron chi connectivity index (χ4n) is 0.0668. The molecular weight excluding hydrogens is 146 g/mol. The Morgan fingerprint density at radius 2 is 2.50 bits per heavy atom. The Morgan fingerprint density at radius 3 is 2.50 bits per heavy atom. The highest BCUT2D eigenvalue weighted by atomic mass is 79.9. The maximum atomic E-state index is 10.0. The van der Waals surface area contributed by atoms with Crippen molar-refractivity contribution in [3.05, 3.63) is 0 Å². The van der Waals surface area contributed by atoms with Crippen molar-refractivity contribution in [1.29, 1.82) is 0 Å². The number of carbonyl (C=O) groups excluding carboxylic acids is 1. The minimum Gasteiger partial charge on any atom is -0.293 e. The van der Waals surface area contributed by atoms with Crippen LogP contribution < -0.4 is 4.34 Å². The molecule has 1 N–H and O–H groups in total. The number of hydrogen-bond donors (Lipinski definition) is 1. The van der Waals surface area contributed by atoms with E-state index in [-0.39, 0.29) is 5.91 Å². The minimum atomic E-state index is 0.00926. The molecule has 0 aliphatic heterocycles. The van der Waals surface area contributed by atoms with E-state index in [0.717, 1.165) is 0 Å². The molecule has 0 unspecified atom stereocenters. The first-order valence-electron chi connectivity index (χ1n) is 1.70. The van der Waals surface area contributed by atoms with Gasteiger partial charge in [-0.15, -0.1) is 0 Å². The third-order valence-electron chi connectivity index (χ3n) is 0.427. The predicted octanol–water partition coefficient (Wildman–Crippen LogP) is 0.823. The predicted molar refractivity (Wildman–Crippen MR) is 27.4 cm³/mol. The zero-order valence-corrected chi connectivity index (χ0v) is 5.08. The number of hydrogen-bond acceptors (Lipinski definition) is 1. The number of amides is 1. The molecule has 0 aromatic rings. The van der Waals surface area contributed by atoms with Crippen molar-refractivity contribution in [2.24, 2.45) is 0 Å². The lowest BCUT2D eigenvalue weighted by molar-refractivity contribution is -0.118. The van der Waals surface area contributed by atoms with Crippen LogP contribution in [0.5, 0.6) is 0 Å². The van der Waals surface area contributed by atoms with Crippen LogP contribution in [0, 0.1) is 0 Å². The average molecular weight is 152 g/mol. The third kappa shape index (κ3) is 2.20. The molecule has 0 radical (unpaired) electrons. The van der Waals surface area contributed by atoms with Crippen LogP contribution in [0.3, 0.4) is 0 Å². The molecule has 0 aromatic carbocycles. The van der Waals surface area contributed by atoms with Crippen LogP contribution in [0.1, 0.15) is 13.3 Å². The van der Waals surface area contributed by atoms with E-state index >= 15 is 0 Å². The normalized spacial score (nSPS) is 7.67. The van der Waals surface area contributed by atoms with Gasteiger partial charge < -0.3 is 0 Å². The number of nitrogens with one attached hydrogen (secondary N) is 1. The third-order valence-corrected chi connectivity index (χ3v) is 0.869. The monoisotopic (exact) mass is 151 g/mol.